The number of nitro groups is 1. The van der Waals surface area contributed by atoms with Crippen LogP contribution in [0.3, 0.4) is 0 Å². The summed E-state index contributed by atoms with van der Waals surface area (Å²) < 4.78 is 1.99. The number of pyridine rings is 1. The Balaban J connectivity index is 1.88. The molecule has 11 heteroatoms. The van der Waals surface area contributed by atoms with Crippen LogP contribution in [0.15, 0.2) is 40.2 Å². The van der Waals surface area contributed by atoms with Crippen molar-refractivity contribution in [2.24, 2.45) is 0 Å². The zero-order chi connectivity index (χ0) is 13.9. The molecule has 0 fully saturated rings. The molecule has 0 bridgehead atoms. The Bertz CT molecular complexity index is 742. The largest absolute Gasteiger partial charge is 0.344 e. The zero-order valence-electron chi connectivity index (χ0n) is 9.65. The molecule has 0 saturated carbocycles. The molecule has 0 N–H and O–H groups in total. The second-order valence-electron chi connectivity index (χ2n) is 3.41. The van der Waals surface area contributed by atoms with E-state index in [9.17, 15) is 10.1 Å². The molecule has 0 amide bonds. The second kappa shape index (κ2) is 5.30. The maximum atomic E-state index is 10.6. The van der Waals surface area contributed by atoms with Gasteiger partial charge in [-0.2, -0.15) is 4.68 Å². The van der Waals surface area contributed by atoms with Crippen molar-refractivity contribution in [3.05, 3.63) is 40.8 Å². The summed E-state index contributed by atoms with van der Waals surface area (Å²) in [5.74, 6) is 0. The lowest BCUT2D eigenvalue weighted by Crippen LogP contribution is -1.98. The van der Waals surface area contributed by atoms with E-state index in [4.69, 9.17) is 0 Å². The molecule has 0 aromatic carbocycles. The Hall–Kier alpha value is -2.40. The van der Waals surface area contributed by atoms with Crippen LogP contribution < -0.4 is 0 Å². The maximum Gasteiger partial charge on any atom is 0.344 e. The highest BCUT2D eigenvalue weighted by molar-refractivity contribution is 8.00. The average molecular weight is 307 g/mol. The summed E-state index contributed by atoms with van der Waals surface area (Å²) in [4.78, 5) is 18.1. The molecule has 9 nitrogen and oxygen atoms in total. The average Bonchev–Trinajstić information content (AvgIpc) is 3.09. The zero-order valence-corrected chi connectivity index (χ0v) is 11.3. The van der Waals surface area contributed by atoms with Gasteiger partial charge in [-0.05, 0) is 45.7 Å². The van der Waals surface area contributed by atoms with Crippen molar-refractivity contribution in [3.63, 3.8) is 0 Å². The van der Waals surface area contributed by atoms with Crippen LogP contribution in [0.5, 0.6) is 0 Å². The molecule has 20 heavy (non-hydrogen) atoms. The molecule has 0 atom stereocenters. The molecule has 3 aromatic heterocycles. The van der Waals surface area contributed by atoms with E-state index < -0.39 is 4.92 Å². The molecular weight excluding hydrogens is 302 g/mol. The minimum Gasteiger partial charge on any atom is -0.262 e. The van der Waals surface area contributed by atoms with Gasteiger partial charge < -0.3 is 0 Å². The van der Waals surface area contributed by atoms with E-state index in [1.54, 1.807) is 24.5 Å². The summed E-state index contributed by atoms with van der Waals surface area (Å²) in [7, 11) is 0. The lowest BCUT2D eigenvalue weighted by Gasteiger charge is -2.00. The van der Waals surface area contributed by atoms with Gasteiger partial charge in [-0.3, -0.25) is 15.1 Å². The summed E-state index contributed by atoms with van der Waals surface area (Å²) in [6, 6.07) is 3.57. The summed E-state index contributed by atoms with van der Waals surface area (Å²) in [5, 5.41) is 22.4. The van der Waals surface area contributed by atoms with E-state index >= 15 is 0 Å². The Kier molecular flexibility index (Phi) is 3.35. The fourth-order valence-corrected chi connectivity index (χ4v) is 3.02. The number of tetrazole rings is 1. The van der Waals surface area contributed by atoms with Gasteiger partial charge in [0.15, 0.2) is 4.34 Å². The summed E-state index contributed by atoms with van der Waals surface area (Å²) in [6.07, 6.45) is 4.47. The van der Waals surface area contributed by atoms with Crippen LogP contribution in [0, 0.1) is 10.1 Å². The minimum absolute atomic E-state index is 0.0205. The van der Waals surface area contributed by atoms with Crippen LogP contribution in [0.4, 0.5) is 5.00 Å². The molecule has 0 aliphatic heterocycles. The number of aromatic nitrogens is 6. The third-order valence-electron chi connectivity index (χ3n) is 2.16. The summed E-state index contributed by atoms with van der Waals surface area (Å²) in [5.41, 5.74) is 0.700. The van der Waals surface area contributed by atoms with Crippen molar-refractivity contribution in [2.75, 3.05) is 0 Å². The van der Waals surface area contributed by atoms with Crippen molar-refractivity contribution in [3.8, 4) is 5.69 Å². The van der Waals surface area contributed by atoms with Crippen molar-refractivity contribution in [1.29, 1.82) is 0 Å². The van der Waals surface area contributed by atoms with Crippen LogP contribution >= 0.6 is 23.1 Å². The lowest BCUT2D eigenvalue weighted by molar-refractivity contribution is -0.380. The summed E-state index contributed by atoms with van der Waals surface area (Å²) >= 11 is 2.13. The monoisotopic (exact) mass is 307 g/mol. The Morgan fingerprint density at radius 2 is 2.30 bits per heavy atom. The highest BCUT2D eigenvalue weighted by atomic mass is 32.2. The molecule has 3 aromatic rings. The number of thiazole rings is 1. The minimum atomic E-state index is -0.480. The number of hydrogen-bond acceptors (Lipinski definition) is 9. The smallest absolute Gasteiger partial charge is 0.262 e. The third kappa shape index (κ3) is 2.48. The Morgan fingerprint density at radius 3 is 3.00 bits per heavy atom. The molecule has 0 unspecified atom stereocenters. The van der Waals surface area contributed by atoms with Crippen molar-refractivity contribution >= 4 is 28.1 Å². The first-order valence-corrected chi connectivity index (χ1v) is 6.84. The number of hydrogen-bond donors (Lipinski definition) is 0. The van der Waals surface area contributed by atoms with Gasteiger partial charge in [0, 0.05) is 6.20 Å². The van der Waals surface area contributed by atoms with E-state index in [2.05, 4.69) is 25.5 Å². The van der Waals surface area contributed by atoms with Gasteiger partial charge in [-0.25, -0.2) is 4.98 Å². The Morgan fingerprint density at radius 1 is 1.40 bits per heavy atom. The van der Waals surface area contributed by atoms with Crippen molar-refractivity contribution < 1.29 is 4.92 Å². The van der Waals surface area contributed by atoms with Gasteiger partial charge in [0.2, 0.25) is 5.16 Å². The first kappa shape index (κ1) is 12.6. The molecule has 0 aliphatic rings. The van der Waals surface area contributed by atoms with Crippen LogP contribution in [0.2, 0.25) is 0 Å². The third-order valence-corrected chi connectivity index (χ3v) is 4.12. The molecule has 3 rings (SSSR count). The second-order valence-corrected chi connectivity index (χ2v) is 5.63. The van der Waals surface area contributed by atoms with Crippen molar-refractivity contribution in [1.82, 2.24) is 30.2 Å². The van der Waals surface area contributed by atoms with Crippen LogP contribution in [0.1, 0.15) is 0 Å². The molecule has 3 heterocycles. The topological polar surface area (TPSA) is 113 Å². The van der Waals surface area contributed by atoms with Gasteiger partial charge in [0.05, 0.1) is 16.8 Å². The van der Waals surface area contributed by atoms with Gasteiger partial charge in [-0.1, -0.05) is 0 Å². The first-order chi connectivity index (χ1) is 9.74. The van der Waals surface area contributed by atoms with Gasteiger partial charge >= 0.3 is 5.00 Å². The fraction of sp³-hybridized carbons (Fsp3) is 0. The number of rotatable bonds is 4. The number of nitrogens with zero attached hydrogens (tertiary/aromatic N) is 7. The van der Waals surface area contributed by atoms with Crippen LogP contribution in [-0.2, 0) is 0 Å². The van der Waals surface area contributed by atoms with E-state index in [-0.39, 0.29) is 5.00 Å². The highest BCUT2D eigenvalue weighted by Crippen LogP contribution is 2.33. The molecule has 0 radical (unpaired) electrons. The Labute approximate surface area is 119 Å². The predicted molar refractivity (Wildman–Crippen MR) is 69.8 cm³/mol. The van der Waals surface area contributed by atoms with Crippen molar-refractivity contribution in [2.45, 2.75) is 9.50 Å². The lowest BCUT2D eigenvalue weighted by atomic mass is 10.4. The van der Waals surface area contributed by atoms with E-state index in [1.807, 2.05) is 0 Å². The predicted octanol–water partition coefficient (Wildman–Crippen LogP) is 1.57. The van der Waals surface area contributed by atoms with E-state index in [1.165, 1.54) is 10.9 Å². The fourth-order valence-electron chi connectivity index (χ4n) is 1.34. The molecule has 100 valence electrons. The summed E-state index contributed by atoms with van der Waals surface area (Å²) in [6.45, 7) is 0. The van der Waals surface area contributed by atoms with Gasteiger partial charge in [-0.15, -0.1) is 5.10 Å². The van der Waals surface area contributed by atoms with Crippen LogP contribution in [0.25, 0.3) is 5.69 Å². The molecule has 0 spiro atoms. The standard InChI is InChI=1S/C9H5N7O2S2/c17-16(18)7-5-11-9(19-7)20-8-12-13-14-15(8)6-2-1-3-10-4-6/h1-5H. The molecule has 0 aliphatic carbocycles. The highest BCUT2D eigenvalue weighted by Gasteiger charge is 2.16. The SMILES string of the molecule is O=[N+]([O-])c1cnc(Sc2nnnn2-c2cccnc2)s1. The van der Waals surface area contributed by atoms with E-state index in [0.717, 1.165) is 23.1 Å². The first-order valence-electron chi connectivity index (χ1n) is 5.21. The normalized spacial score (nSPS) is 10.6. The van der Waals surface area contributed by atoms with E-state index in [0.29, 0.717) is 15.2 Å². The van der Waals surface area contributed by atoms with Crippen LogP contribution in [-0.4, -0.2) is 35.1 Å². The van der Waals surface area contributed by atoms with Gasteiger partial charge in [0.25, 0.3) is 0 Å². The quantitative estimate of drug-likeness (QED) is 0.527. The van der Waals surface area contributed by atoms with Gasteiger partial charge in [0.1, 0.15) is 6.20 Å². The maximum absolute atomic E-state index is 10.6. The molecule has 0 saturated heterocycles. The molecular formula is C9H5N7O2S2.